The number of phenolic OH excluding ortho intramolecular Hbond substituents is 1. The Hall–Kier alpha value is -1.55. The minimum Gasteiger partial charge on any atom is -0.507 e. The first-order valence-electron chi connectivity index (χ1n) is 6.39. The predicted molar refractivity (Wildman–Crippen MR) is 72.7 cm³/mol. The molecular weight excluding hydrogens is 228 g/mol. The summed E-state index contributed by atoms with van der Waals surface area (Å²) in [5.74, 6) is -0.107. The zero-order chi connectivity index (χ0) is 13.5. The van der Waals surface area contributed by atoms with Crippen LogP contribution in [0.3, 0.4) is 0 Å². The maximum absolute atomic E-state index is 12.3. The van der Waals surface area contributed by atoms with Gasteiger partial charge in [-0.3, -0.25) is 4.79 Å². The van der Waals surface area contributed by atoms with Gasteiger partial charge >= 0.3 is 0 Å². The van der Waals surface area contributed by atoms with Crippen LogP contribution in [-0.4, -0.2) is 35.5 Å². The number of phenols is 1. The van der Waals surface area contributed by atoms with Crippen molar-refractivity contribution >= 4 is 5.91 Å². The molecule has 1 aromatic rings. The lowest BCUT2D eigenvalue weighted by molar-refractivity contribution is 0.0755. The Labute approximate surface area is 108 Å². The van der Waals surface area contributed by atoms with Gasteiger partial charge in [0.05, 0.1) is 5.56 Å². The smallest absolute Gasteiger partial charge is 0.257 e. The third-order valence-electron chi connectivity index (χ3n) is 2.85. The van der Waals surface area contributed by atoms with Crippen molar-refractivity contribution in [3.05, 3.63) is 29.3 Å². The van der Waals surface area contributed by atoms with Gasteiger partial charge in [-0.15, -0.1) is 0 Å². The Bertz CT molecular complexity index is 405. The monoisotopic (exact) mass is 250 g/mol. The fourth-order valence-electron chi connectivity index (χ4n) is 1.81. The van der Waals surface area contributed by atoms with Crippen molar-refractivity contribution in [2.75, 3.05) is 19.6 Å². The van der Waals surface area contributed by atoms with E-state index in [0.29, 0.717) is 25.2 Å². The molecule has 0 saturated heterocycles. The summed E-state index contributed by atoms with van der Waals surface area (Å²) in [5.41, 5.74) is 6.81. The number of unbranched alkanes of at least 4 members (excludes halogenated alkanes) is 1. The highest BCUT2D eigenvalue weighted by atomic mass is 16.3. The van der Waals surface area contributed by atoms with Crippen LogP contribution in [0.25, 0.3) is 0 Å². The molecule has 3 N–H and O–H groups in total. The Morgan fingerprint density at radius 1 is 1.39 bits per heavy atom. The lowest BCUT2D eigenvalue weighted by Crippen LogP contribution is -2.36. The molecule has 0 aliphatic rings. The molecule has 0 aliphatic heterocycles. The average molecular weight is 250 g/mol. The van der Waals surface area contributed by atoms with Crippen molar-refractivity contribution in [1.82, 2.24) is 4.90 Å². The van der Waals surface area contributed by atoms with E-state index < -0.39 is 0 Å². The minimum absolute atomic E-state index is 0.0403. The van der Waals surface area contributed by atoms with E-state index in [2.05, 4.69) is 6.92 Å². The second kappa shape index (κ2) is 7.01. The van der Waals surface area contributed by atoms with Crippen molar-refractivity contribution in [3.63, 3.8) is 0 Å². The molecule has 1 aromatic carbocycles. The number of nitrogens with two attached hydrogens (primary N) is 1. The van der Waals surface area contributed by atoms with Crippen LogP contribution in [0.2, 0.25) is 0 Å². The molecule has 1 rings (SSSR count). The van der Waals surface area contributed by atoms with Crippen LogP contribution < -0.4 is 5.73 Å². The quantitative estimate of drug-likeness (QED) is 0.810. The van der Waals surface area contributed by atoms with Gasteiger partial charge in [0.1, 0.15) is 5.75 Å². The van der Waals surface area contributed by atoms with E-state index in [1.165, 1.54) is 0 Å². The average Bonchev–Trinajstić information content (AvgIpc) is 2.33. The normalized spacial score (nSPS) is 10.4. The van der Waals surface area contributed by atoms with Crippen molar-refractivity contribution in [2.45, 2.75) is 26.7 Å². The molecule has 0 radical (unpaired) electrons. The Balaban J connectivity index is 2.87. The molecule has 0 aromatic heterocycles. The van der Waals surface area contributed by atoms with Gasteiger partial charge in [0, 0.05) is 19.6 Å². The first kappa shape index (κ1) is 14.5. The molecule has 0 unspecified atom stereocenters. The number of carbonyl (C=O) groups is 1. The molecule has 18 heavy (non-hydrogen) atoms. The van der Waals surface area contributed by atoms with Crippen molar-refractivity contribution in [3.8, 4) is 5.75 Å². The molecule has 0 aliphatic carbocycles. The first-order chi connectivity index (χ1) is 8.60. The fourth-order valence-corrected chi connectivity index (χ4v) is 1.81. The van der Waals surface area contributed by atoms with Crippen LogP contribution >= 0.6 is 0 Å². The summed E-state index contributed by atoms with van der Waals surface area (Å²) < 4.78 is 0. The Morgan fingerprint density at radius 2 is 2.11 bits per heavy atom. The van der Waals surface area contributed by atoms with Crippen LogP contribution in [0.5, 0.6) is 5.75 Å². The molecule has 0 bridgehead atoms. The Kier molecular flexibility index (Phi) is 5.65. The molecule has 0 heterocycles. The van der Waals surface area contributed by atoms with E-state index in [1.807, 2.05) is 13.0 Å². The number of aromatic hydroxyl groups is 1. The highest BCUT2D eigenvalue weighted by Gasteiger charge is 2.17. The largest absolute Gasteiger partial charge is 0.507 e. The van der Waals surface area contributed by atoms with E-state index in [0.717, 1.165) is 18.4 Å². The minimum atomic E-state index is -0.147. The molecule has 4 heteroatoms. The van der Waals surface area contributed by atoms with Gasteiger partial charge in [-0.05, 0) is 31.0 Å². The lowest BCUT2D eigenvalue weighted by Gasteiger charge is -2.22. The summed E-state index contributed by atoms with van der Waals surface area (Å²) in [6.45, 7) is 5.59. The van der Waals surface area contributed by atoms with Crippen molar-refractivity contribution < 1.29 is 9.90 Å². The van der Waals surface area contributed by atoms with Gasteiger partial charge in [-0.2, -0.15) is 0 Å². The summed E-state index contributed by atoms with van der Waals surface area (Å²) in [6.07, 6.45) is 1.96. The van der Waals surface area contributed by atoms with Gasteiger partial charge in [0.25, 0.3) is 5.91 Å². The molecule has 0 atom stereocenters. The third-order valence-corrected chi connectivity index (χ3v) is 2.85. The molecule has 0 spiro atoms. The summed E-state index contributed by atoms with van der Waals surface area (Å²) >= 11 is 0. The maximum atomic E-state index is 12.3. The van der Waals surface area contributed by atoms with Crippen LogP contribution in [0.4, 0.5) is 0 Å². The molecule has 0 fully saturated rings. The number of hydrogen-bond donors (Lipinski definition) is 2. The fraction of sp³-hybridized carbons (Fsp3) is 0.500. The van der Waals surface area contributed by atoms with Crippen LogP contribution in [0.15, 0.2) is 18.2 Å². The van der Waals surface area contributed by atoms with Crippen LogP contribution in [-0.2, 0) is 0 Å². The first-order valence-corrected chi connectivity index (χ1v) is 6.39. The predicted octanol–water partition coefficient (Wildman–Crippen LogP) is 1.90. The second-order valence-electron chi connectivity index (χ2n) is 4.46. The number of amides is 1. The van der Waals surface area contributed by atoms with Gasteiger partial charge in [0.2, 0.25) is 0 Å². The summed E-state index contributed by atoms with van der Waals surface area (Å²) in [6, 6.07) is 5.10. The number of rotatable bonds is 6. The molecule has 4 nitrogen and oxygen atoms in total. The number of carbonyl (C=O) groups excluding carboxylic acids is 1. The number of hydrogen-bond acceptors (Lipinski definition) is 3. The number of aryl methyl sites for hydroxylation is 1. The molecule has 100 valence electrons. The summed E-state index contributed by atoms with van der Waals surface area (Å²) in [5, 5.41) is 9.83. The standard InChI is InChI=1S/C14H22N2O2/c1-3-4-8-16(9-7-15)14(18)12-6-5-11(2)10-13(12)17/h5-6,10,17H,3-4,7-9,15H2,1-2H3. The van der Waals surface area contributed by atoms with Crippen molar-refractivity contribution in [1.29, 1.82) is 0 Å². The van der Waals surface area contributed by atoms with E-state index in [9.17, 15) is 9.90 Å². The summed E-state index contributed by atoms with van der Waals surface area (Å²) in [4.78, 5) is 14.0. The van der Waals surface area contributed by atoms with Gasteiger partial charge in [-0.1, -0.05) is 19.4 Å². The van der Waals surface area contributed by atoms with E-state index >= 15 is 0 Å². The third kappa shape index (κ3) is 3.74. The zero-order valence-electron chi connectivity index (χ0n) is 11.1. The zero-order valence-corrected chi connectivity index (χ0v) is 11.1. The van der Waals surface area contributed by atoms with Crippen LogP contribution in [0.1, 0.15) is 35.7 Å². The highest BCUT2D eigenvalue weighted by molar-refractivity contribution is 5.96. The SMILES string of the molecule is CCCCN(CCN)C(=O)c1ccc(C)cc1O. The Morgan fingerprint density at radius 3 is 2.67 bits per heavy atom. The molecular formula is C14H22N2O2. The van der Waals surface area contributed by atoms with Crippen molar-refractivity contribution in [2.24, 2.45) is 5.73 Å². The van der Waals surface area contributed by atoms with E-state index in [-0.39, 0.29) is 11.7 Å². The topological polar surface area (TPSA) is 66.6 Å². The summed E-state index contributed by atoms with van der Waals surface area (Å²) in [7, 11) is 0. The van der Waals surface area contributed by atoms with E-state index in [1.54, 1.807) is 17.0 Å². The lowest BCUT2D eigenvalue weighted by atomic mass is 10.1. The number of benzene rings is 1. The second-order valence-corrected chi connectivity index (χ2v) is 4.46. The van der Waals surface area contributed by atoms with E-state index in [4.69, 9.17) is 5.73 Å². The van der Waals surface area contributed by atoms with Gasteiger partial charge in [0.15, 0.2) is 0 Å². The maximum Gasteiger partial charge on any atom is 0.257 e. The molecule has 1 amide bonds. The molecule has 0 saturated carbocycles. The highest BCUT2D eigenvalue weighted by Crippen LogP contribution is 2.20. The van der Waals surface area contributed by atoms with Gasteiger partial charge < -0.3 is 15.7 Å². The van der Waals surface area contributed by atoms with Gasteiger partial charge in [-0.25, -0.2) is 0 Å². The van der Waals surface area contributed by atoms with Crippen LogP contribution in [0, 0.1) is 6.92 Å². The number of nitrogens with zero attached hydrogens (tertiary/aromatic N) is 1.